The van der Waals surface area contributed by atoms with Gasteiger partial charge < -0.3 is 19.9 Å². The molecule has 0 aliphatic rings. The predicted molar refractivity (Wildman–Crippen MR) is 98.7 cm³/mol. The van der Waals surface area contributed by atoms with Crippen molar-refractivity contribution < 1.29 is 24.2 Å². The molecular formula is C20H23NO5. The van der Waals surface area contributed by atoms with Gasteiger partial charge in [0.15, 0.2) is 6.61 Å². The average molecular weight is 357 g/mol. The number of rotatable bonds is 9. The number of anilines is 1. The van der Waals surface area contributed by atoms with Crippen LogP contribution in [0.15, 0.2) is 48.5 Å². The largest absolute Gasteiger partial charge is 0.494 e. The molecule has 0 saturated carbocycles. The lowest BCUT2D eigenvalue weighted by atomic mass is 10.0. The minimum atomic E-state index is -0.825. The van der Waals surface area contributed by atoms with E-state index in [-0.39, 0.29) is 12.5 Å². The summed E-state index contributed by atoms with van der Waals surface area (Å²) in [5.74, 6) is -0.208. The first kappa shape index (κ1) is 19.3. The number of hydrogen-bond donors (Lipinski definition) is 2. The third-order valence-electron chi connectivity index (χ3n) is 3.71. The van der Waals surface area contributed by atoms with E-state index in [1.165, 1.54) is 0 Å². The summed E-state index contributed by atoms with van der Waals surface area (Å²) in [5, 5.41) is 11.7. The number of hydrogen-bond acceptors (Lipinski definition) is 4. The highest BCUT2D eigenvalue weighted by Crippen LogP contribution is 2.18. The Kier molecular flexibility index (Phi) is 7.02. The molecule has 0 aliphatic carbocycles. The number of aliphatic carboxylic acids is 1. The van der Waals surface area contributed by atoms with Gasteiger partial charge in [0, 0.05) is 5.69 Å². The molecule has 1 amide bonds. The molecule has 0 fully saturated rings. The molecule has 2 rings (SSSR count). The van der Waals surface area contributed by atoms with Gasteiger partial charge in [0.05, 0.1) is 12.5 Å². The molecule has 0 saturated heterocycles. The summed E-state index contributed by atoms with van der Waals surface area (Å²) in [6.07, 6.45) is 0.449. The van der Waals surface area contributed by atoms with Crippen LogP contribution in [-0.4, -0.2) is 30.2 Å². The van der Waals surface area contributed by atoms with E-state index in [4.69, 9.17) is 14.6 Å². The first-order chi connectivity index (χ1) is 12.5. The summed E-state index contributed by atoms with van der Waals surface area (Å²) in [6.45, 7) is 4.06. The summed E-state index contributed by atoms with van der Waals surface area (Å²) in [7, 11) is 0. The fraction of sp³-hybridized carbons (Fsp3) is 0.300. The molecule has 138 valence electrons. The molecule has 0 heterocycles. The van der Waals surface area contributed by atoms with Crippen molar-refractivity contribution in [3.05, 3.63) is 54.1 Å². The molecule has 2 N–H and O–H groups in total. The highest BCUT2D eigenvalue weighted by Gasteiger charge is 2.11. The third kappa shape index (κ3) is 6.12. The normalized spacial score (nSPS) is 11.5. The SMILES string of the molecule is CCOc1ccc(OCC(=O)Nc2ccc(CC(C)C(=O)O)cc2)cc1. The first-order valence-electron chi connectivity index (χ1n) is 8.45. The Morgan fingerprint density at radius 2 is 1.58 bits per heavy atom. The number of carbonyl (C=O) groups is 2. The quantitative estimate of drug-likeness (QED) is 0.719. The topological polar surface area (TPSA) is 84.9 Å². The van der Waals surface area contributed by atoms with Crippen molar-refractivity contribution in [2.75, 3.05) is 18.5 Å². The maximum atomic E-state index is 12.0. The van der Waals surface area contributed by atoms with Gasteiger partial charge in [-0.2, -0.15) is 0 Å². The van der Waals surface area contributed by atoms with Crippen LogP contribution >= 0.6 is 0 Å². The molecule has 1 unspecified atom stereocenters. The fourth-order valence-corrected chi connectivity index (χ4v) is 2.31. The van der Waals surface area contributed by atoms with Crippen molar-refractivity contribution in [3.8, 4) is 11.5 Å². The molecule has 0 aliphatic heterocycles. The van der Waals surface area contributed by atoms with Crippen LogP contribution in [0.3, 0.4) is 0 Å². The summed E-state index contributed by atoms with van der Waals surface area (Å²) >= 11 is 0. The molecule has 2 aromatic carbocycles. The maximum absolute atomic E-state index is 12.0. The molecule has 0 bridgehead atoms. The van der Waals surface area contributed by atoms with Gasteiger partial charge in [0.25, 0.3) is 5.91 Å². The number of carbonyl (C=O) groups excluding carboxylic acids is 1. The van der Waals surface area contributed by atoms with E-state index in [0.29, 0.717) is 24.5 Å². The third-order valence-corrected chi connectivity index (χ3v) is 3.71. The summed E-state index contributed by atoms with van der Waals surface area (Å²) in [5.41, 5.74) is 1.54. The molecule has 0 radical (unpaired) electrons. The minimum absolute atomic E-state index is 0.105. The zero-order valence-corrected chi connectivity index (χ0v) is 14.9. The number of benzene rings is 2. The Labute approximate surface area is 152 Å². The van der Waals surface area contributed by atoms with Gasteiger partial charge >= 0.3 is 5.97 Å². The Morgan fingerprint density at radius 3 is 2.12 bits per heavy atom. The molecule has 1 atom stereocenters. The van der Waals surface area contributed by atoms with Gasteiger partial charge in [-0.25, -0.2) is 0 Å². The molecule has 0 spiro atoms. The van der Waals surface area contributed by atoms with Crippen LogP contribution in [0.5, 0.6) is 11.5 Å². The summed E-state index contributed by atoms with van der Waals surface area (Å²) in [6, 6.07) is 14.2. The highest BCUT2D eigenvalue weighted by molar-refractivity contribution is 5.91. The van der Waals surface area contributed by atoms with E-state index < -0.39 is 11.9 Å². The van der Waals surface area contributed by atoms with Gasteiger partial charge in [0.1, 0.15) is 11.5 Å². The number of carboxylic acid groups (broad SMARTS) is 1. The van der Waals surface area contributed by atoms with Crippen molar-refractivity contribution >= 4 is 17.6 Å². The lowest BCUT2D eigenvalue weighted by Crippen LogP contribution is -2.20. The second-order valence-electron chi connectivity index (χ2n) is 5.88. The minimum Gasteiger partial charge on any atom is -0.494 e. The van der Waals surface area contributed by atoms with Crippen molar-refractivity contribution in [2.24, 2.45) is 5.92 Å². The van der Waals surface area contributed by atoms with Crippen molar-refractivity contribution in [1.29, 1.82) is 0 Å². The van der Waals surface area contributed by atoms with E-state index in [9.17, 15) is 9.59 Å². The Hall–Kier alpha value is -3.02. The summed E-state index contributed by atoms with van der Waals surface area (Å²) < 4.78 is 10.8. The van der Waals surface area contributed by atoms with Gasteiger partial charge in [-0.15, -0.1) is 0 Å². The van der Waals surface area contributed by atoms with Crippen molar-refractivity contribution in [3.63, 3.8) is 0 Å². The van der Waals surface area contributed by atoms with Crippen LogP contribution < -0.4 is 14.8 Å². The molecule has 2 aromatic rings. The lowest BCUT2D eigenvalue weighted by Gasteiger charge is -2.10. The van der Waals surface area contributed by atoms with E-state index in [1.54, 1.807) is 43.3 Å². The van der Waals surface area contributed by atoms with Gasteiger partial charge in [-0.1, -0.05) is 19.1 Å². The molecule has 6 nitrogen and oxygen atoms in total. The Balaban J connectivity index is 1.81. The van der Waals surface area contributed by atoms with Gasteiger partial charge in [-0.05, 0) is 55.3 Å². The summed E-state index contributed by atoms with van der Waals surface area (Å²) in [4.78, 5) is 22.8. The lowest BCUT2D eigenvalue weighted by molar-refractivity contribution is -0.141. The molecular weight excluding hydrogens is 334 g/mol. The van der Waals surface area contributed by atoms with Crippen LogP contribution in [0.1, 0.15) is 19.4 Å². The number of carboxylic acids is 1. The molecule has 0 aromatic heterocycles. The van der Waals surface area contributed by atoms with E-state index >= 15 is 0 Å². The van der Waals surface area contributed by atoms with Crippen LogP contribution in [0, 0.1) is 5.92 Å². The number of amides is 1. The van der Waals surface area contributed by atoms with Crippen LogP contribution in [0.2, 0.25) is 0 Å². The van der Waals surface area contributed by atoms with Gasteiger partial charge in [0.2, 0.25) is 0 Å². The molecule has 26 heavy (non-hydrogen) atoms. The zero-order chi connectivity index (χ0) is 18.9. The Bertz CT molecular complexity index is 725. The van der Waals surface area contributed by atoms with Crippen LogP contribution in [-0.2, 0) is 16.0 Å². The second kappa shape index (κ2) is 9.46. The van der Waals surface area contributed by atoms with E-state index in [0.717, 1.165) is 11.3 Å². The first-order valence-corrected chi connectivity index (χ1v) is 8.45. The zero-order valence-electron chi connectivity index (χ0n) is 14.9. The smallest absolute Gasteiger partial charge is 0.306 e. The second-order valence-corrected chi connectivity index (χ2v) is 5.88. The van der Waals surface area contributed by atoms with E-state index in [1.807, 2.05) is 19.1 Å². The van der Waals surface area contributed by atoms with E-state index in [2.05, 4.69) is 5.32 Å². The standard InChI is InChI=1S/C20H23NO5/c1-3-25-17-8-10-18(11-9-17)26-13-19(22)21-16-6-4-15(5-7-16)12-14(2)20(23)24/h4-11,14H,3,12-13H2,1-2H3,(H,21,22)(H,23,24). The van der Waals surface area contributed by atoms with Crippen molar-refractivity contribution in [1.82, 2.24) is 0 Å². The average Bonchev–Trinajstić information content (AvgIpc) is 2.63. The monoisotopic (exact) mass is 357 g/mol. The van der Waals surface area contributed by atoms with Gasteiger partial charge in [-0.3, -0.25) is 9.59 Å². The van der Waals surface area contributed by atoms with Crippen molar-refractivity contribution in [2.45, 2.75) is 20.3 Å². The van der Waals surface area contributed by atoms with Crippen LogP contribution in [0.25, 0.3) is 0 Å². The number of ether oxygens (including phenoxy) is 2. The number of nitrogens with one attached hydrogen (secondary N) is 1. The predicted octanol–water partition coefficient (Wildman–Crippen LogP) is 3.37. The maximum Gasteiger partial charge on any atom is 0.306 e. The molecule has 6 heteroatoms. The fourth-order valence-electron chi connectivity index (χ4n) is 2.31. The Morgan fingerprint density at radius 1 is 1.00 bits per heavy atom. The van der Waals surface area contributed by atoms with Crippen LogP contribution in [0.4, 0.5) is 5.69 Å². The highest BCUT2D eigenvalue weighted by atomic mass is 16.5.